The van der Waals surface area contributed by atoms with Gasteiger partial charge in [-0.15, -0.1) is 0 Å². The van der Waals surface area contributed by atoms with Crippen molar-refractivity contribution in [2.75, 3.05) is 0 Å². The molecule has 17 heavy (non-hydrogen) atoms. The Balaban J connectivity index is 2.47. The van der Waals surface area contributed by atoms with Crippen LogP contribution in [-0.4, -0.2) is 11.6 Å². The van der Waals surface area contributed by atoms with Gasteiger partial charge in [0, 0.05) is 12.8 Å². The van der Waals surface area contributed by atoms with E-state index < -0.39 is 5.92 Å². The summed E-state index contributed by atoms with van der Waals surface area (Å²) in [4.78, 5) is 23.9. The van der Waals surface area contributed by atoms with Gasteiger partial charge in [-0.1, -0.05) is 30.7 Å². The summed E-state index contributed by atoms with van der Waals surface area (Å²) in [5.41, 5.74) is 3.19. The van der Waals surface area contributed by atoms with Gasteiger partial charge in [-0.25, -0.2) is 0 Å². The second kappa shape index (κ2) is 4.82. The molecular weight excluding hydrogens is 212 g/mol. The first-order chi connectivity index (χ1) is 8.13. The molecule has 0 amide bonds. The summed E-state index contributed by atoms with van der Waals surface area (Å²) in [7, 11) is 0. The second-order valence-corrected chi connectivity index (χ2v) is 4.78. The van der Waals surface area contributed by atoms with Crippen molar-refractivity contribution >= 4 is 11.6 Å². The highest BCUT2D eigenvalue weighted by atomic mass is 16.2. The summed E-state index contributed by atoms with van der Waals surface area (Å²) in [6, 6.07) is 6.09. The predicted molar refractivity (Wildman–Crippen MR) is 67.2 cm³/mol. The molecule has 0 atom stereocenters. The van der Waals surface area contributed by atoms with E-state index in [0.29, 0.717) is 12.8 Å². The van der Waals surface area contributed by atoms with Gasteiger partial charge >= 0.3 is 0 Å². The first-order valence-corrected chi connectivity index (χ1v) is 6.28. The number of rotatable bonds is 2. The smallest absolute Gasteiger partial charge is 0.147 e. The molecule has 0 radical (unpaired) electrons. The first-order valence-electron chi connectivity index (χ1n) is 6.28. The molecule has 0 aromatic heterocycles. The van der Waals surface area contributed by atoms with E-state index in [2.05, 4.69) is 6.92 Å². The quantitative estimate of drug-likeness (QED) is 0.732. The fraction of sp³-hybridized carbons (Fsp3) is 0.467. The Morgan fingerprint density at radius 1 is 1.18 bits per heavy atom. The van der Waals surface area contributed by atoms with E-state index in [1.807, 2.05) is 25.1 Å². The highest BCUT2D eigenvalue weighted by molar-refractivity contribution is 6.09. The van der Waals surface area contributed by atoms with Gasteiger partial charge < -0.3 is 0 Å². The van der Waals surface area contributed by atoms with Gasteiger partial charge in [0.2, 0.25) is 0 Å². The fourth-order valence-electron chi connectivity index (χ4n) is 2.56. The Bertz CT molecular complexity index is 444. The number of hydrogen-bond donors (Lipinski definition) is 0. The van der Waals surface area contributed by atoms with Crippen LogP contribution >= 0.6 is 0 Å². The molecule has 1 saturated carbocycles. The summed E-state index contributed by atoms with van der Waals surface area (Å²) >= 11 is 0. The minimum absolute atomic E-state index is 0.0987. The molecule has 2 heteroatoms. The molecule has 2 nitrogen and oxygen atoms in total. The zero-order valence-electron chi connectivity index (χ0n) is 10.5. The maximum absolute atomic E-state index is 12.0. The van der Waals surface area contributed by atoms with Crippen molar-refractivity contribution in [1.29, 1.82) is 0 Å². The monoisotopic (exact) mass is 230 g/mol. The lowest BCUT2D eigenvalue weighted by molar-refractivity contribution is -0.131. The van der Waals surface area contributed by atoms with E-state index in [1.165, 1.54) is 0 Å². The minimum atomic E-state index is -0.487. The highest BCUT2D eigenvalue weighted by Crippen LogP contribution is 2.30. The highest BCUT2D eigenvalue weighted by Gasteiger charge is 2.32. The van der Waals surface area contributed by atoms with Crippen molar-refractivity contribution in [3.8, 4) is 0 Å². The molecule has 2 rings (SSSR count). The number of benzene rings is 1. The Kier molecular flexibility index (Phi) is 3.41. The molecule has 0 heterocycles. The Morgan fingerprint density at radius 3 is 2.41 bits per heavy atom. The molecule has 0 saturated heterocycles. The third kappa shape index (κ3) is 2.31. The third-order valence-electron chi connectivity index (χ3n) is 3.48. The van der Waals surface area contributed by atoms with Crippen LogP contribution in [-0.2, 0) is 16.0 Å². The molecule has 90 valence electrons. The maximum atomic E-state index is 12.0. The number of carbonyl (C=O) groups excluding carboxylic acids is 2. The van der Waals surface area contributed by atoms with Gasteiger partial charge in [0.1, 0.15) is 17.5 Å². The largest absolute Gasteiger partial charge is 0.299 e. The Hall–Kier alpha value is -1.44. The van der Waals surface area contributed by atoms with E-state index in [1.54, 1.807) is 0 Å². The molecule has 0 unspecified atom stereocenters. The van der Waals surface area contributed by atoms with Crippen molar-refractivity contribution in [3.05, 3.63) is 34.9 Å². The molecule has 1 fully saturated rings. The molecule has 0 N–H and O–H groups in total. The lowest BCUT2D eigenvalue weighted by atomic mass is 9.79. The van der Waals surface area contributed by atoms with Crippen molar-refractivity contribution < 1.29 is 9.59 Å². The van der Waals surface area contributed by atoms with E-state index in [0.717, 1.165) is 29.5 Å². The van der Waals surface area contributed by atoms with Crippen LogP contribution in [0.2, 0.25) is 0 Å². The van der Waals surface area contributed by atoms with E-state index in [9.17, 15) is 9.59 Å². The lowest BCUT2D eigenvalue weighted by Crippen LogP contribution is -2.27. The second-order valence-electron chi connectivity index (χ2n) is 4.78. The van der Waals surface area contributed by atoms with Gasteiger partial charge in [-0.2, -0.15) is 0 Å². The van der Waals surface area contributed by atoms with E-state index in [4.69, 9.17) is 0 Å². The number of Topliss-reactive ketones (excluding diaryl/α,β-unsaturated/α-hetero) is 2. The van der Waals surface area contributed by atoms with Crippen molar-refractivity contribution in [2.45, 2.75) is 45.4 Å². The van der Waals surface area contributed by atoms with Gasteiger partial charge in [0.25, 0.3) is 0 Å². The molecular formula is C15H18O2. The van der Waals surface area contributed by atoms with Crippen molar-refractivity contribution in [1.82, 2.24) is 0 Å². The molecule has 0 spiro atoms. The van der Waals surface area contributed by atoms with Crippen LogP contribution in [0.25, 0.3) is 0 Å². The Labute approximate surface area is 102 Å². The van der Waals surface area contributed by atoms with Gasteiger partial charge in [-0.05, 0) is 30.9 Å². The van der Waals surface area contributed by atoms with Crippen LogP contribution in [0.4, 0.5) is 0 Å². The summed E-state index contributed by atoms with van der Waals surface area (Å²) in [5.74, 6) is -0.290. The van der Waals surface area contributed by atoms with Gasteiger partial charge in [0.05, 0.1) is 0 Å². The lowest BCUT2D eigenvalue weighted by Gasteiger charge is -2.22. The number of aryl methyl sites for hydroxylation is 2. The van der Waals surface area contributed by atoms with Gasteiger partial charge in [-0.3, -0.25) is 9.59 Å². The van der Waals surface area contributed by atoms with Gasteiger partial charge in [0.15, 0.2) is 0 Å². The summed E-state index contributed by atoms with van der Waals surface area (Å²) in [6.07, 6.45) is 2.69. The first kappa shape index (κ1) is 12.0. The Morgan fingerprint density at radius 2 is 1.82 bits per heavy atom. The molecule has 1 aromatic rings. The summed E-state index contributed by atoms with van der Waals surface area (Å²) < 4.78 is 0. The number of ketones is 2. The number of carbonyl (C=O) groups is 2. The SMILES string of the molecule is CCc1ccc(C)cc1C1C(=O)CCCC1=O. The van der Waals surface area contributed by atoms with Crippen LogP contribution < -0.4 is 0 Å². The van der Waals surface area contributed by atoms with E-state index in [-0.39, 0.29) is 11.6 Å². The van der Waals surface area contributed by atoms with Crippen LogP contribution in [0.15, 0.2) is 18.2 Å². The third-order valence-corrected chi connectivity index (χ3v) is 3.48. The topological polar surface area (TPSA) is 34.1 Å². The molecule has 1 aliphatic rings. The van der Waals surface area contributed by atoms with E-state index >= 15 is 0 Å². The van der Waals surface area contributed by atoms with Crippen LogP contribution in [0.5, 0.6) is 0 Å². The van der Waals surface area contributed by atoms with Crippen LogP contribution in [0.3, 0.4) is 0 Å². The summed E-state index contributed by atoms with van der Waals surface area (Å²) in [6.45, 7) is 4.06. The van der Waals surface area contributed by atoms with Crippen molar-refractivity contribution in [2.24, 2.45) is 0 Å². The maximum Gasteiger partial charge on any atom is 0.147 e. The number of hydrogen-bond acceptors (Lipinski definition) is 2. The fourth-order valence-corrected chi connectivity index (χ4v) is 2.56. The van der Waals surface area contributed by atoms with Crippen LogP contribution in [0, 0.1) is 6.92 Å². The van der Waals surface area contributed by atoms with Crippen LogP contribution in [0.1, 0.15) is 48.8 Å². The summed E-state index contributed by atoms with van der Waals surface area (Å²) in [5, 5.41) is 0. The zero-order chi connectivity index (χ0) is 12.4. The molecule has 0 aliphatic heterocycles. The normalized spacial score (nSPS) is 17.5. The molecule has 0 bridgehead atoms. The average molecular weight is 230 g/mol. The standard InChI is InChI=1S/C15H18O2/c1-3-11-8-7-10(2)9-12(11)15-13(16)5-4-6-14(15)17/h7-9,15H,3-6H2,1-2H3. The minimum Gasteiger partial charge on any atom is -0.299 e. The zero-order valence-corrected chi connectivity index (χ0v) is 10.5. The predicted octanol–water partition coefficient (Wildman–Crippen LogP) is 2.96. The molecule has 1 aliphatic carbocycles. The molecule has 1 aromatic carbocycles. The van der Waals surface area contributed by atoms with Crippen molar-refractivity contribution in [3.63, 3.8) is 0 Å². The average Bonchev–Trinajstić information content (AvgIpc) is 2.29.